The van der Waals surface area contributed by atoms with Crippen molar-refractivity contribution in [2.75, 3.05) is 11.4 Å². The normalized spacial score (nSPS) is 22.7. The Balaban J connectivity index is 1.86. The number of cyclic esters (lactones) is 1. The molecule has 0 N–H and O–H groups in total. The highest BCUT2D eigenvalue weighted by Gasteiger charge is 2.43. The second-order valence-corrected chi connectivity index (χ2v) is 21.7. The molecule has 2 aliphatic rings. The van der Waals surface area contributed by atoms with Crippen molar-refractivity contribution in [3.63, 3.8) is 0 Å². The third-order valence-corrected chi connectivity index (χ3v) is 14.0. The number of ether oxygens (including phenoxy) is 5. The van der Waals surface area contributed by atoms with Crippen LogP contribution in [-0.2, 0) is 23.4 Å². The highest BCUT2D eigenvalue weighted by atomic mass is 28.4. The van der Waals surface area contributed by atoms with Gasteiger partial charge in [-0.3, -0.25) is 4.90 Å². The number of anilines is 1. The molecule has 1 aromatic carbocycles. The Morgan fingerprint density at radius 3 is 2.18 bits per heavy atom. The largest absolute Gasteiger partial charge is 0.452 e. The number of carbonyl (C=O) groups excluding carboxylic acids is 2. The predicted octanol–water partition coefficient (Wildman–Crippen LogP) is 9.90. The van der Waals surface area contributed by atoms with Gasteiger partial charge in [-0.2, -0.15) is 0 Å². The fourth-order valence-corrected chi connectivity index (χ4v) is 7.19. The molecule has 1 fully saturated rings. The van der Waals surface area contributed by atoms with Crippen LogP contribution in [-0.4, -0.2) is 62.4 Å². The van der Waals surface area contributed by atoms with Gasteiger partial charge in [0, 0.05) is 38.5 Å². The lowest BCUT2D eigenvalue weighted by atomic mass is 9.94. The van der Waals surface area contributed by atoms with Crippen LogP contribution in [0.5, 0.6) is 5.75 Å². The minimum absolute atomic E-state index is 0.0799. The molecule has 10 heteroatoms. The van der Waals surface area contributed by atoms with Gasteiger partial charge in [-0.1, -0.05) is 58.9 Å². The smallest absolute Gasteiger partial charge is 0.414 e. The van der Waals surface area contributed by atoms with Gasteiger partial charge in [-0.25, -0.2) is 9.59 Å². The van der Waals surface area contributed by atoms with E-state index in [9.17, 15) is 9.59 Å². The highest BCUT2D eigenvalue weighted by Crippen LogP contribution is 2.40. The molecule has 0 spiro atoms. The molecule has 0 aromatic heterocycles. The summed E-state index contributed by atoms with van der Waals surface area (Å²) in [7, 11) is -1.88. The van der Waals surface area contributed by atoms with Crippen LogP contribution >= 0.6 is 0 Å². The quantitative estimate of drug-likeness (QED) is 0.128. The first kappa shape index (κ1) is 40.8. The summed E-state index contributed by atoms with van der Waals surface area (Å²) in [6.45, 7) is 32.8. The van der Waals surface area contributed by atoms with Gasteiger partial charge in [0.1, 0.15) is 16.9 Å². The Hall–Kier alpha value is -2.66. The van der Waals surface area contributed by atoms with Crippen LogP contribution in [0.25, 0.3) is 6.08 Å². The minimum atomic E-state index is -1.88. The molecule has 2 heterocycles. The average molecular weight is 702 g/mol. The van der Waals surface area contributed by atoms with Crippen molar-refractivity contribution in [1.29, 1.82) is 0 Å². The molecule has 0 aliphatic carbocycles. The van der Waals surface area contributed by atoms with E-state index in [-0.39, 0.29) is 35.2 Å². The lowest BCUT2D eigenvalue weighted by Crippen LogP contribution is -2.44. The fraction of sp³-hybridized carbons (Fsp3) is 0.692. The van der Waals surface area contributed by atoms with E-state index in [4.69, 9.17) is 28.1 Å². The zero-order chi connectivity index (χ0) is 37.3. The van der Waals surface area contributed by atoms with E-state index in [1.54, 1.807) is 26.0 Å². The maximum Gasteiger partial charge on any atom is 0.414 e. The van der Waals surface area contributed by atoms with Crippen LogP contribution in [0, 0.1) is 11.8 Å². The van der Waals surface area contributed by atoms with Crippen LogP contribution in [0.15, 0.2) is 30.4 Å². The van der Waals surface area contributed by atoms with Crippen molar-refractivity contribution in [1.82, 2.24) is 0 Å². The third-order valence-electron chi connectivity index (χ3n) is 9.41. The van der Waals surface area contributed by atoms with E-state index >= 15 is 0 Å². The van der Waals surface area contributed by atoms with Crippen molar-refractivity contribution in [3.05, 3.63) is 41.5 Å². The first-order valence-electron chi connectivity index (χ1n) is 17.7. The summed E-state index contributed by atoms with van der Waals surface area (Å²) in [5.74, 6) is -1.73. The van der Waals surface area contributed by atoms with Gasteiger partial charge in [-0.05, 0) is 90.6 Å². The number of hydrogen-bond donors (Lipinski definition) is 0. The van der Waals surface area contributed by atoms with Crippen LogP contribution < -0.4 is 9.64 Å². The van der Waals surface area contributed by atoms with Crippen molar-refractivity contribution in [3.8, 4) is 5.75 Å². The second-order valence-electron chi connectivity index (χ2n) is 17.0. The summed E-state index contributed by atoms with van der Waals surface area (Å²) in [4.78, 5) is 27.9. The number of amides is 1. The number of nitrogens with zero attached hydrogens (tertiary/aromatic N) is 1. The number of rotatable bonds is 11. The average Bonchev–Trinajstić information content (AvgIpc) is 3.23. The first-order chi connectivity index (χ1) is 22.3. The zero-order valence-electron chi connectivity index (χ0n) is 33.0. The van der Waals surface area contributed by atoms with Gasteiger partial charge >= 0.3 is 12.1 Å². The van der Waals surface area contributed by atoms with E-state index in [2.05, 4.69) is 66.8 Å². The van der Waals surface area contributed by atoms with Crippen molar-refractivity contribution >= 4 is 32.1 Å². The SMILES string of the molecule is CCN(C(=O)OC(C)(C)C)c1cc(/C=C/C[C@@H]2OC(C)(C)O[C@@H]2C(C)/C=C\[C@@H](C)[C@H](C)O[Si](C)(C)C(C)(C)C)c2c(c1)OC(C)(C)OC2=O. The maximum atomic E-state index is 13.2. The molecule has 5 atom stereocenters. The van der Waals surface area contributed by atoms with E-state index in [1.165, 1.54) is 4.90 Å². The number of hydrogen-bond acceptors (Lipinski definition) is 8. The molecule has 1 amide bonds. The lowest BCUT2D eigenvalue weighted by Gasteiger charge is -2.39. The molecule has 1 saturated heterocycles. The topological polar surface area (TPSA) is 92.8 Å². The first-order valence-corrected chi connectivity index (χ1v) is 20.7. The van der Waals surface area contributed by atoms with Crippen molar-refractivity contribution < 1.29 is 37.7 Å². The Morgan fingerprint density at radius 2 is 1.61 bits per heavy atom. The standard InChI is InChI=1S/C39H63NO8Si/c1-17-40(35(42)47-36(5,6)7)29-23-28(32-31(24-29)44-39(13,14)46-34(32)41)19-18-20-30-33(45-38(11,12)43-30)26(3)22-21-25(2)27(4)48-49(15,16)37(8,9)10/h18-19,21-27,30,33H,17,20H2,1-16H3/b19-18+,22-21-/t25-,26?,27+,30+,33-/m1/s1. The molecule has 2 aliphatic heterocycles. The maximum absolute atomic E-state index is 13.2. The van der Waals surface area contributed by atoms with Crippen LogP contribution in [0.2, 0.25) is 18.1 Å². The van der Waals surface area contributed by atoms with Gasteiger partial charge in [-0.15, -0.1) is 0 Å². The number of fused-ring (bicyclic) bond motifs is 1. The number of esters is 1. The van der Waals surface area contributed by atoms with Crippen molar-refractivity contribution in [2.45, 2.75) is 157 Å². The molecule has 9 nitrogen and oxygen atoms in total. The summed E-state index contributed by atoms with van der Waals surface area (Å²) < 4.78 is 36.8. The number of benzene rings is 1. The molecule has 1 unspecified atom stereocenters. The van der Waals surface area contributed by atoms with Gasteiger partial charge in [0.2, 0.25) is 5.79 Å². The van der Waals surface area contributed by atoms with Crippen molar-refractivity contribution in [2.24, 2.45) is 11.8 Å². The Labute approximate surface area is 296 Å². The summed E-state index contributed by atoms with van der Waals surface area (Å²) in [6.07, 6.45) is 8.04. The summed E-state index contributed by atoms with van der Waals surface area (Å²) in [5.41, 5.74) is 0.764. The molecule has 0 radical (unpaired) electrons. The molecular weight excluding hydrogens is 639 g/mol. The monoisotopic (exact) mass is 701 g/mol. The van der Waals surface area contributed by atoms with Crippen LogP contribution in [0.3, 0.4) is 0 Å². The van der Waals surface area contributed by atoms with E-state index in [0.717, 1.165) is 0 Å². The van der Waals surface area contributed by atoms with Gasteiger partial charge in [0.15, 0.2) is 14.1 Å². The van der Waals surface area contributed by atoms with E-state index < -0.39 is 37.6 Å². The molecule has 276 valence electrons. The van der Waals surface area contributed by atoms with E-state index in [0.29, 0.717) is 35.5 Å². The highest BCUT2D eigenvalue weighted by molar-refractivity contribution is 6.74. The molecular formula is C39H63NO8Si. The molecule has 0 saturated carbocycles. The van der Waals surface area contributed by atoms with Gasteiger partial charge < -0.3 is 28.1 Å². The summed E-state index contributed by atoms with van der Waals surface area (Å²) in [5, 5.41) is 0.150. The van der Waals surface area contributed by atoms with E-state index in [1.807, 2.05) is 53.7 Å². The second kappa shape index (κ2) is 14.9. The van der Waals surface area contributed by atoms with Crippen LogP contribution in [0.4, 0.5) is 10.5 Å². The zero-order valence-corrected chi connectivity index (χ0v) is 34.0. The van der Waals surface area contributed by atoms with Gasteiger partial charge in [0.25, 0.3) is 0 Å². The summed E-state index contributed by atoms with van der Waals surface area (Å²) >= 11 is 0. The molecule has 49 heavy (non-hydrogen) atoms. The number of carbonyl (C=O) groups is 2. The minimum Gasteiger partial charge on any atom is -0.452 e. The Bertz CT molecular complexity index is 1400. The molecule has 3 rings (SSSR count). The Kier molecular flexibility index (Phi) is 12.4. The van der Waals surface area contributed by atoms with Gasteiger partial charge in [0.05, 0.1) is 17.9 Å². The predicted molar refractivity (Wildman–Crippen MR) is 199 cm³/mol. The molecule has 0 bridgehead atoms. The molecule has 1 aromatic rings. The van der Waals surface area contributed by atoms with Crippen LogP contribution in [0.1, 0.15) is 119 Å². The third kappa shape index (κ3) is 10.7. The lowest BCUT2D eigenvalue weighted by molar-refractivity contribution is -0.148. The fourth-order valence-electron chi connectivity index (χ4n) is 5.69. The summed E-state index contributed by atoms with van der Waals surface area (Å²) in [6, 6.07) is 3.49. The Morgan fingerprint density at radius 1 is 0.980 bits per heavy atom.